The average molecular weight is 438 g/mol. The molecule has 0 saturated carbocycles. The van der Waals surface area contributed by atoms with E-state index in [9.17, 15) is 5.11 Å². The molecule has 0 aliphatic carbocycles. The molecule has 3 aromatic carbocycles. The van der Waals surface area contributed by atoms with Gasteiger partial charge in [0.05, 0.1) is 11.9 Å². The normalized spacial score (nSPS) is 10.8. The highest BCUT2D eigenvalue weighted by Crippen LogP contribution is 2.20. The summed E-state index contributed by atoms with van der Waals surface area (Å²) in [5, 5.41) is 13.9. The second-order valence-electron chi connectivity index (χ2n) is 6.11. The fourth-order valence-electron chi connectivity index (χ4n) is 2.47. The first-order valence-corrected chi connectivity index (χ1v) is 9.35. The summed E-state index contributed by atoms with van der Waals surface area (Å²) < 4.78 is 6.83. The third kappa shape index (κ3) is 5.37. The maximum Gasteiger partial charge on any atom is 0.124 e. The summed E-state index contributed by atoms with van der Waals surface area (Å²) in [6, 6.07) is 20.4. The molecule has 0 aliphatic rings. The molecule has 142 valence electrons. The number of ether oxygens (including phenoxy) is 1. The average Bonchev–Trinajstić information content (AvgIpc) is 2.69. The smallest absolute Gasteiger partial charge is 0.124 e. The summed E-state index contributed by atoms with van der Waals surface area (Å²) in [5.41, 5.74) is 12.2. The molecule has 0 spiro atoms. The number of halogens is 1. The van der Waals surface area contributed by atoms with Gasteiger partial charge in [0.25, 0.3) is 0 Å². The van der Waals surface area contributed by atoms with Crippen LogP contribution < -0.4 is 15.9 Å². The number of benzene rings is 3. The van der Waals surface area contributed by atoms with Crippen LogP contribution in [0, 0.1) is 0 Å². The lowest BCUT2D eigenvalue weighted by Gasteiger charge is -2.09. The molecule has 0 heterocycles. The monoisotopic (exact) mass is 437 g/mol. The van der Waals surface area contributed by atoms with Crippen molar-refractivity contribution in [1.82, 2.24) is 5.43 Å². The Morgan fingerprint density at radius 2 is 1.93 bits per heavy atom. The van der Waals surface area contributed by atoms with Gasteiger partial charge in [-0.1, -0.05) is 34.6 Å². The Labute approximate surface area is 172 Å². The summed E-state index contributed by atoms with van der Waals surface area (Å²) in [5.74, 6) is 0.877. The number of nitrogens with one attached hydrogen (secondary N) is 1. The molecular weight excluding hydrogens is 418 g/mol. The summed E-state index contributed by atoms with van der Waals surface area (Å²) in [6.45, 7) is 4.46. The molecule has 3 aromatic rings. The van der Waals surface area contributed by atoms with Gasteiger partial charge >= 0.3 is 0 Å². The molecule has 0 fully saturated rings. The van der Waals surface area contributed by atoms with Gasteiger partial charge < -0.3 is 15.6 Å². The summed E-state index contributed by atoms with van der Waals surface area (Å²) in [7, 11) is 0. The molecule has 4 N–H and O–H groups in total. The molecule has 5 nitrogen and oxygen atoms in total. The Morgan fingerprint density at radius 1 is 1.14 bits per heavy atom. The fourth-order valence-corrected chi connectivity index (χ4v) is 2.91. The van der Waals surface area contributed by atoms with Crippen LogP contribution in [0.2, 0.25) is 0 Å². The van der Waals surface area contributed by atoms with Crippen molar-refractivity contribution in [1.29, 1.82) is 0 Å². The number of nitrogens with two attached hydrogens (primary N) is 1. The Hall–Kier alpha value is -3.25. The molecule has 0 atom stereocenters. The van der Waals surface area contributed by atoms with Crippen LogP contribution in [0.3, 0.4) is 0 Å². The quantitative estimate of drug-likeness (QED) is 0.212. The van der Waals surface area contributed by atoms with Gasteiger partial charge in [-0.15, -0.1) is 0 Å². The molecule has 0 bridgehead atoms. The summed E-state index contributed by atoms with van der Waals surface area (Å²) in [4.78, 5) is 0. The SMILES string of the molecule is C=C(N/N=C/c1cc(N)ccc1O)c1ccc(OCc2cccc(Br)c2)cc1. The van der Waals surface area contributed by atoms with Crippen molar-refractivity contribution in [3.05, 3.63) is 94.5 Å². The van der Waals surface area contributed by atoms with E-state index in [0.29, 0.717) is 23.6 Å². The predicted molar refractivity (Wildman–Crippen MR) is 117 cm³/mol. The molecule has 28 heavy (non-hydrogen) atoms. The third-order valence-corrected chi connectivity index (χ3v) is 4.45. The van der Waals surface area contributed by atoms with Crippen LogP contribution in [-0.4, -0.2) is 11.3 Å². The lowest BCUT2D eigenvalue weighted by Crippen LogP contribution is -2.04. The van der Waals surface area contributed by atoms with Crippen molar-refractivity contribution < 1.29 is 9.84 Å². The maximum atomic E-state index is 9.78. The van der Waals surface area contributed by atoms with Gasteiger partial charge in [-0.25, -0.2) is 0 Å². The molecule has 3 rings (SSSR count). The van der Waals surface area contributed by atoms with E-state index in [0.717, 1.165) is 21.3 Å². The topological polar surface area (TPSA) is 79.9 Å². The minimum Gasteiger partial charge on any atom is -0.507 e. The van der Waals surface area contributed by atoms with Crippen molar-refractivity contribution in [2.45, 2.75) is 6.61 Å². The van der Waals surface area contributed by atoms with Crippen LogP contribution in [0.1, 0.15) is 16.7 Å². The molecule has 0 aliphatic heterocycles. The second-order valence-corrected chi connectivity index (χ2v) is 7.03. The maximum absolute atomic E-state index is 9.78. The Bertz CT molecular complexity index is 1000. The van der Waals surface area contributed by atoms with E-state index in [1.165, 1.54) is 12.3 Å². The molecule has 6 heteroatoms. The van der Waals surface area contributed by atoms with Crippen molar-refractivity contribution in [2.24, 2.45) is 5.10 Å². The van der Waals surface area contributed by atoms with E-state index in [4.69, 9.17) is 10.5 Å². The predicted octanol–water partition coefficient (Wildman–Crippen LogP) is 4.91. The highest BCUT2D eigenvalue weighted by molar-refractivity contribution is 9.10. The first-order chi connectivity index (χ1) is 13.5. The highest BCUT2D eigenvalue weighted by Gasteiger charge is 2.02. The number of nitrogen functional groups attached to an aromatic ring is 1. The van der Waals surface area contributed by atoms with Crippen LogP contribution in [0.15, 0.2) is 82.9 Å². The van der Waals surface area contributed by atoms with Crippen molar-refractivity contribution in [2.75, 3.05) is 5.73 Å². The first-order valence-electron chi connectivity index (χ1n) is 8.55. The molecule has 0 unspecified atom stereocenters. The summed E-state index contributed by atoms with van der Waals surface area (Å²) in [6.07, 6.45) is 1.49. The Balaban J connectivity index is 1.56. The number of rotatable bonds is 7. The fraction of sp³-hybridized carbons (Fsp3) is 0.0455. The zero-order chi connectivity index (χ0) is 19.9. The van der Waals surface area contributed by atoms with Gasteiger partial charge in [0.15, 0.2) is 0 Å². The van der Waals surface area contributed by atoms with Crippen LogP contribution in [0.4, 0.5) is 5.69 Å². The number of aromatic hydroxyl groups is 1. The Morgan fingerprint density at radius 3 is 2.68 bits per heavy atom. The van der Waals surface area contributed by atoms with E-state index in [-0.39, 0.29) is 5.75 Å². The van der Waals surface area contributed by atoms with Gasteiger partial charge in [-0.3, -0.25) is 5.43 Å². The lowest BCUT2D eigenvalue weighted by molar-refractivity contribution is 0.306. The lowest BCUT2D eigenvalue weighted by atomic mass is 10.2. The molecule has 0 amide bonds. The van der Waals surface area contributed by atoms with E-state index < -0.39 is 0 Å². The molecule has 0 aromatic heterocycles. The van der Waals surface area contributed by atoms with E-state index in [1.54, 1.807) is 12.1 Å². The second kappa shape index (κ2) is 9.10. The van der Waals surface area contributed by atoms with Gasteiger partial charge in [0.1, 0.15) is 18.1 Å². The molecule has 0 radical (unpaired) electrons. The van der Waals surface area contributed by atoms with Crippen LogP contribution in [0.5, 0.6) is 11.5 Å². The van der Waals surface area contributed by atoms with Gasteiger partial charge in [-0.05, 0) is 65.7 Å². The molecular formula is C22H20BrN3O2. The number of hydrogen-bond acceptors (Lipinski definition) is 5. The third-order valence-electron chi connectivity index (χ3n) is 3.95. The highest BCUT2D eigenvalue weighted by atomic mass is 79.9. The van der Waals surface area contributed by atoms with E-state index in [1.807, 2.05) is 48.5 Å². The Kier molecular flexibility index (Phi) is 6.34. The molecule has 0 saturated heterocycles. The number of phenols is 1. The van der Waals surface area contributed by atoms with Crippen molar-refractivity contribution >= 4 is 33.5 Å². The number of hydrogen-bond donors (Lipinski definition) is 3. The first kappa shape index (κ1) is 19.5. The number of hydrazone groups is 1. The zero-order valence-corrected chi connectivity index (χ0v) is 16.7. The number of phenolic OH excluding ortho intramolecular Hbond substituents is 1. The largest absolute Gasteiger partial charge is 0.507 e. The van der Waals surface area contributed by atoms with E-state index in [2.05, 4.69) is 33.0 Å². The van der Waals surface area contributed by atoms with Gasteiger partial charge in [0, 0.05) is 15.7 Å². The van der Waals surface area contributed by atoms with Crippen LogP contribution in [-0.2, 0) is 6.61 Å². The van der Waals surface area contributed by atoms with E-state index >= 15 is 0 Å². The number of anilines is 1. The van der Waals surface area contributed by atoms with Crippen LogP contribution in [0.25, 0.3) is 5.70 Å². The standard InChI is InChI=1S/C22H20BrN3O2/c1-15(26-25-13-18-12-20(24)7-10-22(18)27)17-5-8-21(9-6-17)28-14-16-3-2-4-19(23)11-16/h2-13,26-27H,1,14,24H2/b25-13+. The van der Waals surface area contributed by atoms with Crippen molar-refractivity contribution in [3.63, 3.8) is 0 Å². The number of nitrogens with zero attached hydrogens (tertiary/aromatic N) is 1. The zero-order valence-electron chi connectivity index (χ0n) is 15.1. The van der Waals surface area contributed by atoms with Gasteiger partial charge in [-0.2, -0.15) is 5.10 Å². The van der Waals surface area contributed by atoms with Crippen LogP contribution >= 0.6 is 15.9 Å². The minimum atomic E-state index is 0.109. The summed E-state index contributed by atoms with van der Waals surface area (Å²) >= 11 is 3.45. The van der Waals surface area contributed by atoms with Crippen molar-refractivity contribution in [3.8, 4) is 11.5 Å². The minimum absolute atomic E-state index is 0.109. The van der Waals surface area contributed by atoms with Gasteiger partial charge in [0.2, 0.25) is 0 Å².